The Hall–Kier alpha value is -3.39. The van der Waals surface area contributed by atoms with Gasteiger partial charge in [0.2, 0.25) is 5.95 Å². The van der Waals surface area contributed by atoms with Crippen molar-refractivity contribution < 1.29 is 9.50 Å². The molecule has 3 N–H and O–H groups in total. The van der Waals surface area contributed by atoms with Gasteiger partial charge in [0.25, 0.3) is 0 Å². The van der Waals surface area contributed by atoms with Crippen molar-refractivity contribution in [2.75, 3.05) is 5.73 Å². The molecule has 0 amide bonds. The summed E-state index contributed by atoms with van der Waals surface area (Å²) >= 11 is 0. The molecule has 4 rings (SSSR count). The summed E-state index contributed by atoms with van der Waals surface area (Å²) < 4.78 is 13.3. The van der Waals surface area contributed by atoms with Crippen molar-refractivity contribution in [1.82, 2.24) is 25.1 Å². The Morgan fingerprint density at radius 1 is 0.929 bits per heavy atom. The van der Waals surface area contributed by atoms with Crippen molar-refractivity contribution in [1.29, 1.82) is 0 Å². The first-order chi connectivity index (χ1) is 13.3. The van der Waals surface area contributed by atoms with Crippen LogP contribution in [0, 0.1) is 5.82 Å². The van der Waals surface area contributed by atoms with Gasteiger partial charge in [-0.2, -0.15) is 0 Å². The molecule has 4 aromatic rings. The molecular weight excluding hydrogens is 357 g/mol. The lowest BCUT2D eigenvalue weighted by Crippen LogP contribution is -2.27. The molecule has 0 bridgehead atoms. The van der Waals surface area contributed by atoms with E-state index in [1.807, 2.05) is 18.2 Å². The summed E-state index contributed by atoms with van der Waals surface area (Å²) in [6.45, 7) is 0. The van der Waals surface area contributed by atoms with E-state index in [1.165, 1.54) is 18.5 Å². The Morgan fingerprint density at radius 3 is 2.36 bits per heavy atom. The number of nitrogens with two attached hydrogens (primary N) is 1. The Labute approximate surface area is 161 Å². The molecule has 0 aliphatic rings. The van der Waals surface area contributed by atoms with Gasteiger partial charge in [-0.25, -0.2) is 19.3 Å². The highest BCUT2D eigenvalue weighted by Crippen LogP contribution is 2.32. The number of nitrogens with zero attached hydrogens (tertiary/aromatic N) is 5. The molecule has 0 aliphatic carbocycles. The number of hydrogen-bond acceptors (Lipinski definition) is 7. The van der Waals surface area contributed by atoms with Crippen molar-refractivity contribution in [3.8, 4) is 22.5 Å². The molecule has 2 heterocycles. The van der Waals surface area contributed by atoms with Gasteiger partial charge in [0.1, 0.15) is 39.2 Å². The van der Waals surface area contributed by atoms with Crippen LogP contribution >= 0.6 is 0 Å². The number of fused-ring (bicyclic) bond motifs is 1. The number of aliphatic hydroxyl groups is 1. The van der Waals surface area contributed by atoms with Crippen molar-refractivity contribution >= 4 is 32.5 Å². The largest absolute Gasteiger partial charge is 0.402 e. The Morgan fingerprint density at radius 2 is 1.64 bits per heavy atom. The second-order valence-electron chi connectivity index (χ2n) is 6.89. The van der Waals surface area contributed by atoms with E-state index in [0.29, 0.717) is 39.1 Å². The predicted molar refractivity (Wildman–Crippen MR) is 109 cm³/mol. The average molecular weight is 372 g/mol. The molecule has 0 fully saturated rings. The summed E-state index contributed by atoms with van der Waals surface area (Å²) in [4.78, 5) is 12.8. The fourth-order valence-electron chi connectivity index (χ4n) is 3.03. The Kier molecular flexibility index (Phi) is 4.27. The number of anilines is 1. The van der Waals surface area contributed by atoms with Crippen LogP contribution in [0.5, 0.6) is 0 Å². The second kappa shape index (κ2) is 6.65. The number of rotatable bonds is 3. The Bertz CT molecular complexity index is 1180. The monoisotopic (exact) mass is 372 g/mol. The van der Waals surface area contributed by atoms with Gasteiger partial charge in [-0.05, 0) is 36.4 Å². The van der Waals surface area contributed by atoms with E-state index in [1.54, 1.807) is 27.8 Å². The third-order valence-electron chi connectivity index (χ3n) is 4.31. The molecule has 7 nitrogen and oxygen atoms in total. The van der Waals surface area contributed by atoms with Gasteiger partial charge in [0, 0.05) is 21.9 Å². The molecule has 0 radical (unpaired) electrons. The normalized spacial score (nSPS) is 11.6. The lowest BCUT2D eigenvalue weighted by atomic mass is 9.62. The minimum absolute atomic E-state index is 0.0179. The smallest absolute Gasteiger partial charge is 0.240 e. The van der Waals surface area contributed by atoms with E-state index >= 15 is 0 Å². The molecule has 0 atom stereocenters. The van der Waals surface area contributed by atoms with Gasteiger partial charge in [-0.3, -0.25) is 0 Å². The maximum absolute atomic E-state index is 13.3. The van der Waals surface area contributed by atoms with Gasteiger partial charge in [0.05, 0.1) is 11.2 Å². The first kappa shape index (κ1) is 18.0. The van der Waals surface area contributed by atoms with Crippen LogP contribution in [-0.2, 0) is 5.40 Å². The van der Waals surface area contributed by atoms with Gasteiger partial charge < -0.3 is 10.8 Å². The van der Waals surface area contributed by atoms with Gasteiger partial charge in [-0.15, -0.1) is 10.2 Å². The van der Waals surface area contributed by atoms with E-state index in [4.69, 9.17) is 5.73 Å². The van der Waals surface area contributed by atoms with Crippen LogP contribution in [0.1, 0.15) is 5.69 Å². The fourth-order valence-corrected chi connectivity index (χ4v) is 3.03. The van der Waals surface area contributed by atoms with Crippen LogP contribution in [0.3, 0.4) is 0 Å². The van der Waals surface area contributed by atoms with Crippen molar-refractivity contribution in [3.63, 3.8) is 0 Å². The highest BCUT2D eigenvalue weighted by atomic mass is 19.1. The maximum atomic E-state index is 13.3. The quantitative estimate of drug-likeness (QED) is 0.496. The number of aromatic nitrogens is 5. The fraction of sp³-hybridized carbons (Fsp3) is 0.0556. The number of halogens is 1. The van der Waals surface area contributed by atoms with Crippen LogP contribution in [0.15, 0.2) is 48.8 Å². The van der Waals surface area contributed by atoms with Crippen LogP contribution in [0.2, 0.25) is 0 Å². The third kappa shape index (κ3) is 3.29. The summed E-state index contributed by atoms with van der Waals surface area (Å²) in [5.74, 6) is -0.331. The molecule has 0 aliphatic heterocycles. The van der Waals surface area contributed by atoms with Gasteiger partial charge >= 0.3 is 0 Å². The van der Waals surface area contributed by atoms with Crippen LogP contribution in [-0.4, -0.2) is 45.9 Å². The number of nitrogen functional groups attached to an aromatic ring is 1. The standard InChI is InChI=1S/C18H15B2FN6O/c19-18(20,28)16-12-7-10(3-6-13(12)23-8-24-16)15-14(25-17(22)27-26-15)9-1-4-11(21)5-2-9/h1-8,28H,19-20H2,(H2,22,25,27). The molecule has 28 heavy (non-hydrogen) atoms. The van der Waals surface area contributed by atoms with Crippen LogP contribution in [0.4, 0.5) is 10.3 Å². The first-order valence-corrected chi connectivity index (χ1v) is 8.57. The predicted octanol–water partition coefficient (Wildman–Crippen LogP) is 0.239. The van der Waals surface area contributed by atoms with Crippen molar-refractivity contribution in [2.45, 2.75) is 5.40 Å². The molecule has 0 unspecified atom stereocenters. The van der Waals surface area contributed by atoms with Crippen LogP contribution in [0.25, 0.3) is 33.4 Å². The third-order valence-corrected chi connectivity index (χ3v) is 4.31. The number of hydrogen-bond donors (Lipinski definition) is 2. The molecule has 0 saturated heterocycles. The van der Waals surface area contributed by atoms with E-state index < -0.39 is 5.40 Å². The zero-order chi connectivity index (χ0) is 19.9. The maximum Gasteiger partial charge on any atom is 0.240 e. The SMILES string of the molecule is BC(B)(O)c1ncnc2ccc(-c3nnc(N)nc3-c3ccc(F)cc3)cc12. The molecule has 2 aromatic carbocycles. The first-order valence-electron chi connectivity index (χ1n) is 8.57. The number of benzene rings is 2. The zero-order valence-electron chi connectivity index (χ0n) is 15.3. The zero-order valence-corrected chi connectivity index (χ0v) is 15.3. The highest BCUT2D eigenvalue weighted by Gasteiger charge is 2.22. The summed E-state index contributed by atoms with van der Waals surface area (Å²) in [5.41, 5.74) is 9.24. The molecule has 0 saturated carbocycles. The summed E-state index contributed by atoms with van der Waals surface area (Å²) in [6, 6.07) is 11.4. The van der Waals surface area contributed by atoms with E-state index in [9.17, 15) is 9.50 Å². The van der Waals surface area contributed by atoms with Gasteiger partial charge in [0.15, 0.2) is 0 Å². The average Bonchev–Trinajstić information content (AvgIpc) is 2.67. The van der Waals surface area contributed by atoms with Gasteiger partial charge in [-0.1, -0.05) is 6.07 Å². The van der Waals surface area contributed by atoms with E-state index in [2.05, 4.69) is 25.1 Å². The summed E-state index contributed by atoms with van der Waals surface area (Å²) in [5, 5.41) is 18.1. The minimum Gasteiger partial charge on any atom is -0.402 e. The molecule has 10 heteroatoms. The topological polar surface area (TPSA) is 111 Å². The summed E-state index contributed by atoms with van der Waals surface area (Å²) in [6.07, 6.45) is 1.42. The second-order valence-corrected chi connectivity index (χ2v) is 6.89. The van der Waals surface area contributed by atoms with E-state index in [-0.39, 0.29) is 11.8 Å². The summed E-state index contributed by atoms with van der Waals surface area (Å²) in [7, 11) is 3.33. The Balaban J connectivity index is 1.95. The minimum atomic E-state index is -1.15. The lowest BCUT2D eigenvalue weighted by Gasteiger charge is -2.19. The van der Waals surface area contributed by atoms with Crippen LogP contribution < -0.4 is 5.73 Å². The van der Waals surface area contributed by atoms with E-state index in [0.717, 1.165) is 0 Å². The van der Waals surface area contributed by atoms with Crippen molar-refractivity contribution in [3.05, 3.63) is 60.3 Å². The molecular formula is C18H15B2FN6O. The lowest BCUT2D eigenvalue weighted by molar-refractivity contribution is 0.213. The molecule has 2 aromatic heterocycles. The van der Waals surface area contributed by atoms with Crippen molar-refractivity contribution in [2.24, 2.45) is 0 Å². The highest BCUT2D eigenvalue weighted by molar-refractivity contribution is 6.39. The molecule has 0 spiro atoms. The molecule has 136 valence electrons.